The SMILES string of the molecule is O=C(/C=C/c1ccc(O)cc1)CC(=O)/C=C/c1cc(Br)ccc1F. The van der Waals surface area contributed by atoms with Gasteiger partial charge in [0.05, 0.1) is 6.42 Å². The third-order valence-electron chi connectivity index (χ3n) is 3.11. The summed E-state index contributed by atoms with van der Waals surface area (Å²) in [7, 11) is 0. The maximum absolute atomic E-state index is 13.5. The van der Waals surface area contributed by atoms with Crippen molar-refractivity contribution in [3.8, 4) is 5.75 Å². The molecule has 1 N–H and O–H groups in total. The Kier molecular flexibility index (Phi) is 6.21. The lowest BCUT2D eigenvalue weighted by Crippen LogP contribution is -2.02. The molecular formula is C19H14BrFO3. The van der Waals surface area contributed by atoms with Gasteiger partial charge in [0.25, 0.3) is 0 Å². The second-order valence-corrected chi connectivity index (χ2v) is 5.95. The van der Waals surface area contributed by atoms with Gasteiger partial charge in [-0.2, -0.15) is 0 Å². The van der Waals surface area contributed by atoms with Crippen LogP contribution in [-0.2, 0) is 9.59 Å². The minimum absolute atomic E-state index is 0.138. The number of carbonyl (C=O) groups excluding carboxylic acids is 2. The molecule has 3 nitrogen and oxygen atoms in total. The van der Waals surface area contributed by atoms with Crippen molar-refractivity contribution in [3.05, 3.63) is 76.0 Å². The highest BCUT2D eigenvalue weighted by Crippen LogP contribution is 2.17. The summed E-state index contributed by atoms with van der Waals surface area (Å²) in [5.41, 5.74) is 1.00. The van der Waals surface area contributed by atoms with E-state index in [1.54, 1.807) is 30.3 Å². The van der Waals surface area contributed by atoms with Crippen LogP contribution in [0.25, 0.3) is 12.2 Å². The van der Waals surface area contributed by atoms with Crippen LogP contribution in [0.5, 0.6) is 5.75 Å². The van der Waals surface area contributed by atoms with E-state index in [1.165, 1.54) is 36.4 Å². The molecular weight excluding hydrogens is 375 g/mol. The summed E-state index contributed by atoms with van der Waals surface area (Å²) in [6, 6.07) is 10.7. The van der Waals surface area contributed by atoms with Gasteiger partial charge in [0.1, 0.15) is 11.6 Å². The van der Waals surface area contributed by atoms with E-state index in [1.807, 2.05) is 0 Å². The van der Waals surface area contributed by atoms with Gasteiger partial charge in [-0.3, -0.25) is 9.59 Å². The first-order valence-electron chi connectivity index (χ1n) is 7.10. The average molecular weight is 389 g/mol. The molecule has 5 heteroatoms. The van der Waals surface area contributed by atoms with Crippen LogP contribution in [0, 0.1) is 5.82 Å². The molecule has 0 aliphatic heterocycles. The molecule has 0 unspecified atom stereocenters. The lowest BCUT2D eigenvalue weighted by atomic mass is 10.1. The van der Waals surface area contributed by atoms with Crippen LogP contribution in [0.2, 0.25) is 0 Å². The maximum atomic E-state index is 13.5. The standard InChI is InChI=1S/C19H14BrFO3/c20-15-5-10-19(21)14(11-15)4-9-18(24)12-17(23)8-3-13-1-6-16(22)7-2-13/h1-11,22H,12H2/b8-3+,9-4+. The number of halogens is 2. The Morgan fingerprint density at radius 2 is 1.62 bits per heavy atom. The van der Waals surface area contributed by atoms with Crippen molar-refractivity contribution in [2.45, 2.75) is 6.42 Å². The average Bonchev–Trinajstić information content (AvgIpc) is 2.55. The zero-order valence-electron chi connectivity index (χ0n) is 12.6. The maximum Gasteiger partial charge on any atom is 0.163 e. The molecule has 0 spiro atoms. The number of benzene rings is 2. The van der Waals surface area contributed by atoms with Crippen LogP contribution in [0.4, 0.5) is 4.39 Å². The number of ketones is 2. The summed E-state index contributed by atoms with van der Waals surface area (Å²) >= 11 is 3.23. The van der Waals surface area contributed by atoms with E-state index in [9.17, 15) is 14.0 Å². The first-order valence-corrected chi connectivity index (χ1v) is 7.89. The van der Waals surface area contributed by atoms with Crippen LogP contribution < -0.4 is 0 Å². The monoisotopic (exact) mass is 388 g/mol. The first kappa shape index (κ1) is 17.8. The van der Waals surface area contributed by atoms with Crippen LogP contribution in [-0.4, -0.2) is 16.7 Å². The highest BCUT2D eigenvalue weighted by atomic mass is 79.9. The second-order valence-electron chi connectivity index (χ2n) is 5.03. The molecule has 24 heavy (non-hydrogen) atoms. The summed E-state index contributed by atoms with van der Waals surface area (Å²) in [5, 5.41) is 9.17. The molecule has 0 aromatic heterocycles. The molecule has 0 amide bonds. The Labute approximate surface area is 147 Å². The second kappa shape index (κ2) is 8.36. The molecule has 122 valence electrons. The topological polar surface area (TPSA) is 54.4 Å². The van der Waals surface area contributed by atoms with Gasteiger partial charge >= 0.3 is 0 Å². The Morgan fingerprint density at radius 1 is 1.00 bits per heavy atom. The van der Waals surface area contributed by atoms with Crippen molar-refractivity contribution in [1.29, 1.82) is 0 Å². The fourth-order valence-electron chi connectivity index (χ4n) is 1.89. The predicted molar refractivity (Wildman–Crippen MR) is 94.9 cm³/mol. The molecule has 2 aromatic rings. The quantitative estimate of drug-likeness (QED) is 0.583. The number of carbonyl (C=O) groups is 2. The Morgan fingerprint density at radius 3 is 2.29 bits per heavy atom. The summed E-state index contributed by atoms with van der Waals surface area (Å²) in [6.45, 7) is 0. The van der Waals surface area contributed by atoms with Gasteiger partial charge in [-0.1, -0.05) is 34.1 Å². The minimum atomic E-state index is -0.444. The number of hydrogen-bond acceptors (Lipinski definition) is 3. The van der Waals surface area contributed by atoms with Crippen LogP contribution in [0.15, 0.2) is 59.1 Å². The summed E-state index contributed by atoms with van der Waals surface area (Å²) in [4.78, 5) is 23.5. The number of aromatic hydroxyl groups is 1. The van der Waals surface area contributed by atoms with Gasteiger partial charge in [-0.15, -0.1) is 0 Å². The molecule has 0 aliphatic carbocycles. The largest absolute Gasteiger partial charge is 0.508 e. The molecule has 0 saturated heterocycles. The molecule has 2 aromatic carbocycles. The van der Waals surface area contributed by atoms with E-state index in [2.05, 4.69) is 15.9 Å². The van der Waals surface area contributed by atoms with Crippen molar-refractivity contribution in [2.75, 3.05) is 0 Å². The Hall–Kier alpha value is -2.53. The molecule has 0 radical (unpaired) electrons. The van der Waals surface area contributed by atoms with Gasteiger partial charge in [0, 0.05) is 10.0 Å². The zero-order valence-corrected chi connectivity index (χ0v) is 14.2. The van der Waals surface area contributed by atoms with Gasteiger partial charge in [0.2, 0.25) is 0 Å². The van der Waals surface area contributed by atoms with E-state index in [4.69, 9.17) is 5.11 Å². The normalized spacial score (nSPS) is 11.2. The molecule has 0 bridgehead atoms. The van der Waals surface area contributed by atoms with Gasteiger partial charge < -0.3 is 5.11 Å². The summed E-state index contributed by atoms with van der Waals surface area (Å²) < 4.78 is 14.2. The van der Waals surface area contributed by atoms with Crippen molar-refractivity contribution >= 4 is 39.6 Å². The molecule has 0 fully saturated rings. The van der Waals surface area contributed by atoms with E-state index in [0.29, 0.717) is 4.47 Å². The Balaban J connectivity index is 1.94. The van der Waals surface area contributed by atoms with E-state index >= 15 is 0 Å². The zero-order chi connectivity index (χ0) is 17.5. The van der Waals surface area contributed by atoms with Crippen LogP contribution in [0.1, 0.15) is 17.5 Å². The van der Waals surface area contributed by atoms with Crippen molar-refractivity contribution in [2.24, 2.45) is 0 Å². The smallest absolute Gasteiger partial charge is 0.163 e. The van der Waals surface area contributed by atoms with Gasteiger partial charge in [-0.25, -0.2) is 4.39 Å². The summed E-state index contributed by atoms with van der Waals surface area (Å²) in [5.74, 6) is -1.07. The Bertz CT molecular complexity index is 808. The molecule has 0 heterocycles. The van der Waals surface area contributed by atoms with Gasteiger partial charge in [0.15, 0.2) is 11.6 Å². The molecule has 2 rings (SSSR count). The third kappa shape index (κ3) is 5.59. The summed E-state index contributed by atoms with van der Waals surface area (Å²) in [6.07, 6.45) is 5.11. The number of phenols is 1. The lowest BCUT2D eigenvalue weighted by Gasteiger charge is -1.97. The fraction of sp³-hybridized carbons (Fsp3) is 0.0526. The third-order valence-corrected chi connectivity index (χ3v) is 3.60. The van der Waals surface area contributed by atoms with E-state index < -0.39 is 11.6 Å². The number of allylic oxidation sites excluding steroid dienone is 2. The van der Waals surface area contributed by atoms with Crippen molar-refractivity contribution in [1.82, 2.24) is 0 Å². The first-order chi connectivity index (χ1) is 11.4. The molecule has 0 saturated carbocycles. The molecule has 0 aliphatic rings. The molecule has 0 atom stereocenters. The highest BCUT2D eigenvalue weighted by Gasteiger charge is 2.05. The van der Waals surface area contributed by atoms with Crippen molar-refractivity contribution in [3.63, 3.8) is 0 Å². The number of hydrogen-bond donors (Lipinski definition) is 1. The van der Waals surface area contributed by atoms with E-state index in [-0.39, 0.29) is 23.5 Å². The fourth-order valence-corrected chi connectivity index (χ4v) is 2.27. The van der Waals surface area contributed by atoms with Crippen LogP contribution in [0.3, 0.4) is 0 Å². The van der Waals surface area contributed by atoms with Crippen molar-refractivity contribution < 1.29 is 19.1 Å². The predicted octanol–water partition coefficient (Wildman–Crippen LogP) is 4.55. The lowest BCUT2D eigenvalue weighted by molar-refractivity contribution is -0.121. The minimum Gasteiger partial charge on any atom is -0.508 e. The van der Waals surface area contributed by atoms with Crippen LogP contribution >= 0.6 is 15.9 Å². The van der Waals surface area contributed by atoms with Gasteiger partial charge in [-0.05, 0) is 54.1 Å². The number of phenolic OH excluding ortho intramolecular Hbond substituents is 1. The highest BCUT2D eigenvalue weighted by molar-refractivity contribution is 9.10. The number of rotatable bonds is 6. The van der Waals surface area contributed by atoms with E-state index in [0.717, 1.165) is 5.56 Å².